The molecule has 1 aromatic heterocycles. The number of ether oxygens (including phenoxy) is 1. The molecule has 0 saturated carbocycles. The second kappa shape index (κ2) is 10.9. The first-order valence-corrected chi connectivity index (χ1v) is 11.2. The first-order chi connectivity index (χ1) is 15.4. The molecular formula is C24H32N4O4. The lowest BCUT2D eigenvalue weighted by Crippen LogP contribution is -2.33. The summed E-state index contributed by atoms with van der Waals surface area (Å²) >= 11 is 0. The number of carbonyl (C=O) groups is 3. The van der Waals surface area contributed by atoms with Gasteiger partial charge in [-0.1, -0.05) is 6.92 Å². The molecule has 8 heteroatoms. The minimum Gasteiger partial charge on any atom is -0.465 e. The standard InChI is InChI=1S/C24H32N4O4/c1-4-32-24(31)15-25-22(29)7-8-23(30)26-18-5-6-20-19(14-18)17(3)13-21(27-20)28-11-9-16(2)10-12-28/h5-6,13-14,16H,4,7-12,15H2,1-3H3,(H,25,29)(H,26,30). The molecule has 0 bridgehead atoms. The lowest BCUT2D eigenvalue weighted by atomic mass is 9.99. The van der Waals surface area contributed by atoms with Crippen molar-refractivity contribution in [3.8, 4) is 0 Å². The van der Waals surface area contributed by atoms with Crippen molar-refractivity contribution >= 4 is 40.2 Å². The van der Waals surface area contributed by atoms with Crippen LogP contribution >= 0.6 is 0 Å². The number of aromatic nitrogens is 1. The van der Waals surface area contributed by atoms with E-state index >= 15 is 0 Å². The largest absolute Gasteiger partial charge is 0.465 e. The molecule has 0 unspecified atom stereocenters. The van der Waals surface area contributed by atoms with Gasteiger partial charge in [0, 0.05) is 37.0 Å². The Bertz CT molecular complexity index is 983. The zero-order valence-electron chi connectivity index (χ0n) is 19.1. The lowest BCUT2D eigenvalue weighted by Gasteiger charge is -2.31. The van der Waals surface area contributed by atoms with Crippen molar-refractivity contribution in [2.75, 3.05) is 36.5 Å². The van der Waals surface area contributed by atoms with E-state index < -0.39 is 5.97 Å². The van der Waals surface area contributed by atoms with Gasteiger partial charge in [-0.05, 0) is 62.4 Å². The van der Waals surface area contributed by atoms with E-state index in [1.54, 1.807) is 6.92 Å². The zero-order chi connectivity index (χ0) is 23.1. The highest BCUT2D eigenvalue weighted by molar-refractivity contribution is 5.96. The second-order valence-electron chi connectivity index (χ2n) is 8.33. The number of anilines is 2. The fraction of sp³-hybridized carbons (Fsp3) is 0.500. The highest BCUT2D eigenvalue weighted by atomic mass is 16.5. The van der Waals surface area contributed by atoms with E-state index in [0.29, 0.717) is 5.69 Å². The molecule has 32 heavy (non-hydrogen) atoms. The van der Waals surface area contributed by atoms with Crippen molar-refractivity contribution in [3.05, 3.63) is 29.8 Å². The molecule has 3 rings (SSSR count). The number of esters is 1. The maximum atomic E-state index is 12.3. The molecule has 2 heterocycles. The van der Waals surface area contributed by atoms with Crippen molar-refractivity contribution in [3.63, 3.8) is 0 Å². The monoisotopic (exact) mass is 440 g/mol. The molecule has 2 aromatic rings. The van der Waals surface area contributed by atoms with Crippen molar-refractivity contribution in [2.24, 2.45) is 5.92 Å². The predicted molar refractivity (Wildman–Crippen MR) is 125 cm³/mol. The normalized spacial score (nSPS) is 14.3. The Labute approximate surface area is 188 Å². The van der Waals surface area contributed by atoms with Gasteiger partial charge in [-0.2, -0.15) is 0 Å². The molecule has 8 nitrogen and oxygen atoms in total. The maximum absolute atomic E-state index is 12.3. The van der Waals surface area contributed by atoms with Gasteiger partial charge in [-0.15, -0.1) is 0 Å². The van der Waals surface area contributed by atoms with Crippen LogP contribution < -0.4 is 15.5 Å². The third-order valence-electron chi connectivity index (χ3n) is 5.71. The van der Waals surface area contributed by atoms with E-state index in [1.165, 1.54) is 12.8 Å². The highest BCUT2D eigenvalue weighted by Crippen LogP contribution is 2.28. The first-order valence-electron chi connectivity index (χ1n) is 11.2. The summed E-state index contributed by atoms with van der Waals surface area (Å²) in [5.41, 5.74) is 2.67. The summed E-state index contributed by atoms with van der Waals surface area (Å²) < 4.78 is 4.75. The summed E-state index contributed by atoms with van der Waals surface area (Å²) in [4.78, 5) is 42.5. The molecule has 0 radical (unpaired) electrons. The Kier molecular flexibility index (Phi) is 8.03. The van der Waals surface area contributed by atoms with E-state index in [-0.39, 0.29) is 37.8 Å². The summed E-state index contributed by atoms with van der Waals surface area (Å²) in [5, 5.41) is 6.27. The van der Waals surface area contributed by atoms with Crippen LogP contribution in [0, 0.1) is 12.8 Å². The molecule has 0 aliphatic carbocycles. The summed E-state index contributed by atoms with van der Waals surface area (Å²) in [5.74, 6) is 0.644. The van der Waals surface area contributed by atoms with Crippen molar-refractivity contribution in [1.82, 2.24) is 10.3 Å². The Balaban J connectivity index is 1.56. The van der Waals surface area contributed by atoms with E-state index in [0.717, 1.165) is 41.3 Å². The molecule has 1 aliphatic heterocycles. The van der Waals surface area contributed by atoms with Gasteiger partial charge in [0.05, 0.1) is 12.1 Å². The van der Waals surface area contributed by atoms with Crippen LogP contribution in [0.1, 0.15) is 45.1 Å². The van der Waals surface area contributed by atoms with Crippen LogP contribution in [-0.4, -0.2) is 49.0 Å². The van der Waals surface area contributed by atoms with Crippen LogP contribution in [-0.2, 0) is 19.1 Å². The Morgan fingerprint density at radius 1 is 1.12 bits per heavy atom. The molecule has 2 N–H and O–H groups in total. The van der Waals surface area contributed by atoms with Crippen molar-refractivity contribution < 1.29 is 19.1 Å². The number of pyridine rings is 1. The molecule has 1 aliphatic rings. The average Bonchev–Trinajstić information content (AvgIpc) is 2.77. The number of benzene rings is 1. The maximum Gasteiger partial charge on any atom is 0.325 e. The van der Waals surface area contributed by atoms with Gasteiger partial charge in [0.15, 0.2) is 0 Å². The SMILES string of the molecule is CCOC(=O)CNC(=O)CCC(=O)Nc1ccc2nc(N3CCC(C)CC3)cc(C)c2c1. The van der Waals surface area contributed by atoms with Gasteiger partial charge in [-0.25, -0.2) is 4.98 Å². The molecule has 1 aromatic carbocycles. The third kappa shape index (κ3) is 6.42. The molecule has 0 spiro atoms. The van der Waals surface area contributed by atoms with Gasteiger partial charge in [0.1, 0.15) is 12.4 Å². The number of amides is 2. The van der Waals surface area contributed by atoms with Crippen molar-refractivity contribution in [2.45, 2.75) is 46.5 Å². The van der Waals surface area contributed by atoms with Crippen LogP contribution in [0.5, 0.6) is 0 Å². The average molecular weight is 441 g/mol. The van der Waals surface area contributed by atoms with E-state index in [1.807, 2.05) is 18.2 Å². The molecule has 0 atom stereocenters. The van der Waals surface area contributed by atoms with Gasteiger partial charge >= 0.3 is 5.97 Å². The summed E-state index contributed by atoms with van der Waals surface area (Å²) in [6, 6.07) is 7.77. The van der Waals surface area contributed by atoms with E-state index in [2.05, 4.69) is 35.4 Å². The fourth-order valence-corrected chi connectivity index (χ4v) is 3.78. The minimum absolute atomic E-state index is 0.00276. The number of aryl methyl sites for hydroxylation is 1. The molecule has 1 saturated heterocycles. The fourth-order valence-electron chi connectivity index (χ4n) is 3.78. The van der Waals surface area contributed by atoms with Crippen LogP contribution in [0.2, 0.25) is 0 Å². The minimum atomic E-state index is -0.497. The Morgan fingerprint density at radius 3 is 2.56 bits per heavy atom. The van der Waals surface area contributed by atoms with E-state index in [9.17, 15) is 14.4 Å². The zero-order valence-corrected chi connectivity index (χ0v) is 19.1. The third-order valence-corrected chi connectivity index (χ3v) is 5.71. The van der Waals surface area contributed by atoms with Gasteiger partial charge in [0.25, 0.3) is 0 Å². The van der Waals surface area contributed by atoms with Crippen molar-refractivity contribution in [1.29, 1.82) is 0 Å². The highest BCUT2D eigenvalue weighted by Gasteiger charge is 2.18. The smallest absolute Gasteiger partial charge is 0.325 e. The summed E-state index contributed by atoms with van der Waals surface area (Å²) in [6.07, 6.45) is 2.39. The summed E-state index contributed by atoms with van der Waals surface area (Å²) in [7, 11) is 0. The number of carbonyl (C=O) groups excluding carboxylic acids is 3. The number of hydrogen-bond donors (Lipinski definition) is 2. The Hall–Kier alpha value is -3.16. The van der Waals surface area contributed by atoms with Gasteiger partial charge in [-0.3, -0.25) is 14.4 Å². The first kappa shape index (κ1) is 23.5. The van der Waals surface area contributed by atoms with Crippen LogP contribution in [0.25, 0.3) is 10.9 Å². The Morgan fingerprint density at radius 2 is 1.84 bits per heavy atom. The molecule has 172 valence electrons. The number of nitrogens with zero attached hydrogens (tertiary/aromatic N) is 2. The lowest BCUT2D eigenvalue weighted by molar-refractivity contribution is -0.143. The topological polar surface area (TPSA) is 101 Å². The van der Waals surface area contributed by atoms with E-state index in [4.69, 9.17) is 9.72 Å². The quantitative estimate of drug-likeness (QED) is 0.612. The molecular weight excluding hydrogens is 408 g/mol. The van der Waals surface area contributed by atoms with Gasteiger partial charge in [0.2, 0.25) is 11.8 Å². The number of nitrogens with one attached hydrogen (secondary N) is 2. The van der Waals surface area contributed by atoms with Crippen LogP contribution in [0.4, 0.5) is 11.5 Å². The molecule has 1 fully saturated rings. The summed E-state index contributed by atoms with van der Waals surface area (Å²) in [6.45, 7) is 8.17. The van der Waals surface area contributed by atoms with Gasteiger partial charge < -0.3 is 20.3 Å². The van der Waals surface area contributed by atoms with Crippen LogP contribution in [0.3, 0.4) is 0 Å². The van der Waals surface area contributed by atoms with Crippen LogP contribution in [0.15, 0.2) is 24.3 Å². The molecule has 2 amide bonds. The predicted octanol–water partition coefficient (Wildman–Crippen LogP) is 3.18. The number of hydrogen-bond acceptors (Lipinski definition) is 6. The number of fused-ring (bicyclic) bond motifs is 1. The second-order valence-corrected chi connectivity index (χ2v) is 8.33. The number of piperidine rings is 1. The number of rotatable bonds is 8.